The van der Waals surface area contributed by atoms with Gasteiger partial charge in [-0.1, -0.05) is 60.7 Å². The molecule has 0 fully saturated rings. The van der Waals surface area contributed by atoms with Gasteiger partial charge in [-0.3, -0.25) is 0 Å². The Hall–Kier alpha value is -2.37. The summed E-state index contributed by atoms with van der Waals surface area (Å²) in [5.41, 5.74) is 2.60. The molecule has 24 heavy (non-hydrogen) atoms. The largest absolute Gasteiger partial charge is 0.503 e. The number of benzene rings is 2. The Bertz CT molecular complexity index is 466. The van der Waals surface area contributed by atoms with E-state index in [0.717, 1.165) is 25.7 Å². The van der Waals surface area contributed by atoms with Gasteiger partial charge in [0.15, 0.2) is 0 Å². The molecule has 0 bridgehead atoms. The first-order chi connectivity index (χ1) is 11.6. The van der Waals surface area contributed by atoms with Crippen molar-refractivity contribution in [1.82, 2.24) is 0 Å². The molecule has 0 aromatic heterocycles. The van der Waals surface area contributed by atoms with E-state index in [-0.39, 0.29) is 13.2 Å². The van der Waals surface area contributed by atoms with E-state index in [0.29, 0.717) is 0 Å². The summed E-state index contributed by atoms with van der Waals surface area (Å²) in [6.45, 7) is 0.573. The van der Waals surface area contributed by atoms with Gasteiger partial charge < -0.3 is 20.4 Å². The fourth-order valence-electron chi connectivity index (χ4n) is 1.86. The van der Waals surface area contributed by atoms with Crippen molar-refractivity contribution in [2.45, 2.75) is 25.7 Å². The number of rotatable bonds is 6. The first-order valence-electron chi connectivity index (χ1n) is 7.81. The van der Waals surface area contributed by atoms with Crippen molar-refractivity contribution in [2.75, 3.05) is 13.2 Å². The molecule has 0 amide bonds. The Morgan fingerprint density at radius 1 is 0.667 bits per heavy atom. The highest BCUT2D eigenvalue weighted by Gasteiger charge is 1.88. The molecule has 0 saturated heterocycles. The van der Waals surface area contributed by atoms with Crippen LogP contribution in [0.3, 0.4) is 0 Å². The molecule has 132 valence electrons. The molecule has 0 atom stereocenters. The third-order valence-corrected chi connectivity index (χ3v) is 2.93. The molecule has 0 saturated carbocycles. The normalized spacial score (nSPS) is 9.08. The SMILES string of the molecule is O=C(O)O.OCCCc1ccccc1.OCCCc1ccccc1. The minimum Gasteiger partial charge on any atom is -0.450 e. The lowest BCUT2D eigenvalue weighted by atomic mass is 10.1. The maximum Gasteiger partial charge on any atom is 0.503 e. The van der Waals surface area contributed by atoms with E-state index in [1.807, 2.05) is 36.4 Å². The lowest BCUT2D eigenvalue weighted by Gasteiger charge is -1.96. The zero-order valence-electron chi connectivity index (χ0n) is 13.7. The van der Waals surface area contributed by atoms with E-state index in [9.17, 15) is 0 Å². The van der Waals surface area contributed by atoms with Crippen molar-refractivity contribution in [2.24, 2.45) is 0 Å². The zero-order valence-corrected chi connectivity index (χ0v) is 13.7. The number of hydrogen-bond donors (Lipinski definition) is 4. The van der Waals surface area contributed by atoms with Gasteiger partial charge in [-0.15, -0.1) is 0 Å². The molecule has 4 N–H and O–H groups in total. The predicted molar refractivity (Wildman–Crippen MR) is 94.4 cm³/mol. The fraction of sp³-hybridized carbons (Fsp3) is 0.316. The standard InChI is InChI=1S/2C9H12O.CH2O3/c2*10-8-4-7-9-5-2-1-3-6-9;2-1(3)4/h2*1-3,5-6,10H,4,7-8H2;(H2,2,3,4). The van der Waals surface area contributed by atoms with Crippen LogP contribution in [0.2, 0.25) is 0 Å². The highest BCUT2D eigenvalue weighted by atomic mass is 16.6. The van der Waals surface area contributed by atoms with E-state index < -0.39 is 6.16 Å². The van der Waals surface area contributed by atoms with Crippen LogP contribution in [-0.4, -0.2) is 39.8 Å². The van der Waals surface area contributed by atoms with E-state index in [1.165, 1.54) is 11.1 Å². The van der Waals surface area contributed by atoms with Gasteiger partial charge in [0.05, 0.1) is 0 Å². The Kier molecular flexibility index (Phi) is 14.0. The smallest absolute Gasteiger partial charge is 0.450 e. The van der Waals surface area contributed by atoms with Crippen molar-refractivity contribution < 1.29 is 25.2 Å². The second-order valence-corrected chi connectivity index (χ2v) is 4.91. The van der Waals surface area contributed by atoms with Gasteiger partial charge in [0.2, 0.25) is 0 Å². The first kappa shape index (κ1) is 21.6. The number of carbonyl (C=O) groups is 1. The molecule has 0 unspecified atom stereocenters. The summed E-state index contributed by atoms with van der Waals surface area (Å²) in [5.74, 6) is 0. The van der Waals surface area contributed by atoms with Crippen LogP contribution in [0.15, 0.2) is 60.7 Å². The first-order valence-corrected chi connectivity index (χ1v) is 7.81. The van der Waals surface area contributed by atoms with Gasteiger partial charge >= 0.3 is 6.16 Å². The van der Waals surface area contributed by atoms with Gasteiger partial charge in [-0.2, -0.15) is 0 Å². The van der Waals surface area contributed by atoms with Crippen molar-refractivity contribution in [3.8, 4) is 0 Å². The molecular formula is C19H26O5. The van der Waals surface area contributed by atoms with E-state index in [2.05, 4.69) is 24.3 Å². The van der Waals surface area contributed by atoms with Crippen molar-refractivity contribution in [3.63, 3.8) is 0 Å². The van der Waals surface area contributed by atoms with Crippen molar-refractivity contribution in [3.05, 3.63) is 71.8 Å². The number of hydrogen-bond acceptors (Lipinski definition) is 3. The van der Waals surface area contributed by atoms with Crippen LogP contribution in [0.4, 0.5) is 4.79 Å². The molecule has 0 aliphatic heterocycles. The topological polar surface area (TPSA) is 98.0 Å². The van der Waals surface area contributed by atoms with Crippen LogP contribution >= 0.6 is 0 Å². The van der Waals surface area contributed by atoms with Gasteiger partial charge in [0, 0.05) is 13.2 Å². The molecule has 2 rings (SSSR count). The van der Waals surface area contributed by atoms with E-state index in [4.69, 9.17) is 25.2 Å². The molecule has 0 aliphatic carbocycles. The molecule has 2 aromatic rings. The van der Waals surface area contributed by atoms with Gasteiger partial charge in [0.1, 0.15) is 0 Å². The predicted octanol–water partition coefficient (Wildman–Crippen LogP) is 3.45. The van der Waals surface area contributed by atoms with Crippen LogP contribution in [-0.2, 0) is 12.8 Å². The average molecular weight is 334 g/mol. The summed E-state index contributed by atoms with van der Waals surface area (Å²) >= 11 is 0. The summed E-state index contributed by atoms with van der Waals surface area (Å²) in [5, 5.41) is 31.0. The number of aliphatic hydroxyl groups is 2. The highest BCUT2D eigenvalue weighted by molar-refractivity contribution is 5.53. The molecule has 5 heteroatoms. The summed E-state index contributed by atoms with van der Waals surface area (Å²) in [7, 11) is 0. The fourth-order valence-corrected chi connectivity index (χ4v) is 1.86. The van der Waals surface area contributed by atoms with Crippen molar-refractivity contribution >= 4 is 6.16 Å². The minimum atomic E-state index is -1.83. The Morgan fingerprint density at radius 2 is 0.958 bits per heavy atom. The van der Waals surface area contributed by atoms with Crippen molar-refractivity contribution in [1.29, 1.82) is 0 Å². The molecule has 2 aromatic carbocycles. The minimum absolute atomic E-state index is 0.287. The van der Waals surface area contributed by atoms with Gasteiger partial charge in [-0.05, 0) is 36.8 Å². The monoisotopic (exact) mass is 334 g/mol. The van der Waals surface area contributed by atoms with Crippen LogP contribution in [0.25, 0.3) is 0 Å². The molecular weight excluding hydrogens is 308 g/mol. The molecule has 0 heterocycles. The Balaban J connectivity index is 0.000000363. The summed E-state index contributed by atoms with van der Waals surface area (Å²) in [4.78, 5) is 8.56. The lowest BCUT2D eigenvalue weighted by molar-refractivity contribution is 0.137. The third-order valence-electron chi connectivity index (χ3n) is 2.93. The Labute approximate surface area is 142 Å². The van der Waals surface area contributed by atoms with Gasteiger partial charge in [-0.25, -0.2) is 4.79 Å². The number of carboxylic acid groups (broad SMARTS) is 2. The molecule has 0 aliphatic rings. The number of aliphatic hydroxyl groups excluding tert-OH is 2. The third kappa shape index (κ3) is 14.6. The second kappa shape index (κ2) is 15.5. The van der Waals surface area contributed by atoms with E-state index >= 15 is 0 Å². The molecule has 0 radical (unpaired) electrons. The van der Waals surface area contributed by atoms with E-state index in [1.54, 1.807) is 0 Å². The van der Waals surface area contributed by atoms with Crippen LogP contribution in [0.5, 0.6) is 0 Å². The van der Waals surface area contributed by atoms with Crippen LogP contribution in [0, 0.1) is 0 Å². The summed E-state index contributed by atoms with van der Waals surface area (Å²) in [6.07, 6.45) is 1.86. The summed E-state index contributed by atoms with van der Waals surface area (Å²) in [6, 6.07) is 20.4. The number of aryl methyl sites for hydroxylation is 2. The quantitative estimate of drug-likeness (QED) is 0.649. The Morgan fingerprint density at radius 3 is 1.21 bits per heavy atom. The second-order valence-electron chi connectivity index (χ2n) is 4.91. The van der Waals surface area contributed by atoms with Gasteiger partial charge in [0.25, 0.3) is 0 Å². The maximum absolute atomic E-state index is 8.56. The molecule has 5 nitrogen and oxygen atoms in total. The van der Waals surface area contributed by atoms with Crippen LogP contribution in [0.1, 0.15) is 24.0 Å². The zero-order chi connectivity index (χ0) is 18.0. The molecule has 0 spiro atoms. The summed E-state index contributed by atoms with van der Waals surface area (Å²) < 4.78 is 0. The average Bonchev–Trinajstić information content (AvgIpc) is 2.60. The maximum atomic E-state index is 8.56. The highest BCUT2D eigenvalue weighted by Crippen LogP contribution is 2.01. The van der Waals surface area contributed by atoms with Crippen LogP contribution < -0.4 is 0 Å². The lowest BCUT2D eigenvalue weighted by Crippen LogP contribution is -1.87.